The minimum Gasteiger partial charge on any atom is -0.267 e. The summed E-state index contributed by atoms with van der Waals surface area (Å²) in [5, 5.41) is 8.68. The van der Waals surface area contributed by atoms with Gasteiger partial charge in [0.15, 0.2) is 11.6 Å². The van der Waals surface area contributed by atoms with Crippen LogP contribution in [-0.2, 0) is 4.79 Å². The van der Waals surface area contributed by atoms with Crippen LogP contribution in [0.1, 0.15) is 0 Å². The average molecular weight is 274 g/mol. The molecule has 0 saturated heterocycles. The molecule has 3 aromatic rings. The third-order valence-corrected chi connectivity index (χ3v) is 3.33. The van der Waals surface area contributed by atoms with Crippen LogP contribution >= 0.6 is 0 Å². The normalized spacial score (nSPS) is 12.7. The van der Waals surface area contributed by atoms with Gasteiger partial charge in [-0.05, 0) is 18.2 Å². The maximum atomic E-state index is 11.3. The molecular weight excluding hydrogens is 264 g/mol. The van der Waals surface area contributed by atoms with Crippen LogP contribution in [0.5, 0.6) is 0 Å². The van der Waals surface area contributed by atoms with Gasteiger partial charge in [-0.3, -0.25) is 9.89 Å². The molecule has 1 aliphatic rings. The van der Waals surface area contributed by atoms with E-state index in [4.69, 9.17) is 0 Å². The molecule has 0 fully saturated rings. The van der Waals surface area contributed by atoms with E-state index in [1.165, 1.54) is 6.08 Å². The molecule has 2 heterocycles. The Morgan fingerprint density at radius 3 is 2.67 bits per heavy atom. The van der Waals surface area contributed by atoms with Crippen LogP contribution < -0.4 is 10.6 Å². The summed E-state index contributed by atoms with van der Waals surface area (Å²) >= 11 is 0. The summed E-state index contributed by atoms with van der Waals surface area (Å²) in [7, 11) is 0. The minimum atomic E-state index is -0.220. The zero-order valence-corrected chi connectivity index (χ0v) is 10.9. The number of rotatable bonds is 2. The number of carbonyl (C=O) groups excluding carboxylic acids is 1. The number of benzene rings is 2. The Hall–Kier alpha value is -3.08. The van der Waals surface area contributed by atoms with Crippen LogP contribution in [0.3, 0.4) is 0 Å². The summed E-state index contributed by atoms with van der Waals surface area (Å²) in [5.74, 6) is 1.10. The molecule has 1 aliphatic heterocycles. The highest BCUT2D eigenvalue weighted by atomic mass is 16.1. The van der Waals surface area contributed by atoms with Gasteiger partial charge in [-0.25, -0.2) is 9.98 Å². The fourth-order valence-corrected chi connectivity index (χ4v) is 2.31. The number of fused-ring (bicyclic) bond motifs is 1. The Morgan fingerprint density at radius 1 is 0.952 bits per heavy atom. The topological polar surface area (TPSA) is 71.0 Å². The molecule has 0 spiro atoms. The molecule has 100 valence electrons. The molecule has 1 aromatic heterocycles. The lowest BCUT2D eigenvalue weighted by atomic mass is 10.1. The van der Waals surface area contributed by atoms with Crippen molar-refractivity contribution in [3.8, 4) is 22.8 Å². The first-order chi connectivity index (χ1) is 10.3. The van der Waals surface area contributed by atoms with E-state index >= 15 is 0 Å². The van der Waals surface area contributed by atoms with Crippen LogP contribution in [0, 0.1) is 0 Å². The number of hydrogen-bond acceptors (Lipinski definition) is 3. The van der Waals surface area contributed by atoms with Crippen molar-refractivity contribution in [2.45, 2.75) is 0 Å². The van der Waals surface area contributed by atoms with Crippen LogP contribution in [0.2, 0.25) is 0 Å². The van der Waals surface area contributed by atoms with E-state index in [1.807, 2.05) is 48.5 Å². The predicted octanol–water partition coefficient (Wildman–Crippen LogP) is 1.08. The van der Waals surface area contributed by atoms with Crippen molar-refractivity contribution in [2.24, 2.45) is 4.99 Å². The second-order valence-electron chi connectivity index (χ2n) is 4.74. The molecular formula is C16H10N4O. The highest BCUT2D eigenvalue weighted by Gasteiger charge is 2.09. The Balaban J connectivity index is 1.78. The van der Waals surface area contributed by atoms with E-state index in [0.717, 1.165) is 22.2 Å². The maximum absolute atomic E-state index is 11.3. The van der Waals surface area contributed by atoms with Crippen LogP contribution in [0.4, 0.5) is 0 Å². The first-order valence-electron chi connectivity index (χ1n) is 6.52. The van der Waals surface area contributed by atoms with Crippen LogP contribution in [-0.4, -0.2) is 21.1 Å². The SMILES string of the molecule is O=C1C=c2cc(-c3n[nH]c(-c4ccccc4)n3)ccc2=N1. The van der Waals surface area contributed by atoms with Gasteiger partial charge in [-0.15, -0.1) is 0 Å². The lowest BCUT2D eigenvalue weighted by Gasteiger charge is -1.94. The quantitative estimate of drug-likeness (QED) is 0.760. The molecule has 5 nitrogen and oxygen atoms in total. The van der Waals surface area contributed by atoms with Gasteiger partial charge < -0.3 is 0 Å². The van der Waals surface area contributed by atoms with Crippen LogP contribution in [0.15, 0.2) is 53.5 Å². The van der Waals surface area contributed by atoms with E-state index < -0.39 is 0 Å². The van der Waals surface area contributed by atoms with Gasteiger partial charge in [0, 0.05) is 22.4 Å². The number of nitrogens with zero attached hydrogens (tertiary/aromatic N) is 3. The van der Waals surface area contributed by atoms with Crippen molar-refractivity contribution in [1.29, 1.82) is 0 Å². The van der Waals surface area contributed by atoms with E-state index in [1.54, 1.807) is 0 Å². The highest BCUT2D eigenvalue weighted by molar-refractivity contribution is 6.06. The fraction of sp³-hybridized carbons (Fsp3) is 0. The van der Waals surface area contributed by atoms with Gasteiger partial charge in [0.1, 0.15) is 0 Å². The number of H-pyrrole nitrogens is 1. The van der Waals surface area contributed by atoms with Gasteiger partial charge in [0.05, 0.1) is 5.36 Å². The van der Waals surface area contributed by atoms with Crippen molar-refractivity contribution in [1.82, 2.24) is 15.2 Å². The van der Waals surface area contributed by atoms with Crippen molar-refractivity contribution >= 4 is 12.0 Å². The first-order valence-corrected chi connectivity index (χ1v) is 6.52. The lowest BCUT2D eigenvalue weighted by molar-refractivity contribution is -0.112. The number of nitrogens with one attached hydrogen (secondary N) is 1. The summed E-state index contributed by atoms with van der Waals surface area (Å²) < 4.78 is 0. The highest BCUT2D eigenvalue weighted by Crippen LogP contribution is 2.18. The smallest absolute Gasteiger partial charge is 0.267 e. The van der Waals surface area contributed by atoms with Crippen molar-refractivity contribution in [2.75, 3.05) is 0 Å². The maximum Gasteiger partial charge on any atom is 0.270 e. The van der Waals surface area contributed by atoms with E-state index in [0.29, 0.717) is 11.2 Å². The Bertz CT molecular complexity index is 957. The first kappa shape index (κ1) is 11.7. The van der Waals surface area contributed by atoms with Crippen LogP contribution in [0.25, 0.3) is 28.9 Å². The lowest BCUT2D eigenvalue weighted by Crippen LogP contribution is -2.20. The number of carbonyl (C=O) groups is 1. The van der Waals surface area contributed by atoms with Crippen molar-refractivity contribution in [3.63, 3.8) is 0 Å². The van der Waals surface area contributed by atoms with Gasteiger partial charge in [0.25, 0.3) is 5.91 Å². The summed E-state index contributed by atoms with van der Waals surface area (Å²) in [6.45, 7) is 0. The molecule has 4 rings (SSSR count). The van der Waals surface area contributed by atoms with E-state index in [9.17, 15) is 4.79 Å². The fourth-order valence-electron chi connectivity index (χ4n) is 2.31. The molecule has 5 heteroatoms. The third-order valence-electron chi connectivity index (χ3n) is 3.33. The minimum absolute atomic E-state index is 0.220. The average Bonchev–Trinajstić information content (AvgIpc) is 3.12. The number of amides is 1. The molecule has 1 amide bonds. The standard InChI is InChI=1S/C16H10N4O/c21-14-9-12-8-11(6-7-13(12)17-14)16-18-15(19-20-16)10-4-2-1-3-5-10/h1-9H,(H,18,19,20). The van der Waals surface area contributed by atoms with Gasteiger partial charge in [-0.2, -0.15) is 5.10 Å². The molecule has 0 bridgehead atoms. The summed E-state index contributed by atoms with van der Waals surface area (Å²) in [4.78, 5) is 19.7. The molecule has 21 heavy (non-hydrogen) atoms. The monoisotopic (exact) mass is 274 g/mol. The third kappa shape index (κ3) is 2.04. The Morgan fingerprint density at radius 2 is 1.81 bits per heavy atom. The number of aromatic nitrogens is 3. The van der Waals surface area contributed by atoms with E-state index in [-0.39, 0.29) is 5.91 Å². The second-order valence-corrected chi connectivity index (χ2v) is 4.74. The number of hydrogen-bond donors (Lipinski definition) is 1. The summed E-state index contributed by atoms with van der Waals surface area (Å²) in [5.41, 5.74) is 1.84. The second kappa shape index (κ2) is 4.49. The zero-order chi connectivity index (χ0) is 14.2. The van der Waals surface area contributed by atoms with Crippen molar-refractivity contribution < 1.29 is 4.79 Å². The summed E-state index contributed by atoms with van der Waals surface area (Å²) in [6.07, 6.45) is 1.52. The molecule has 0 saturated carbocycles. The molecule has 0 aliphatic carbocycles. The zero-order valence-electron chi connectivity index (χ0n) is 10.9. The Labute approximate surface area is 119 Å². The Kier molecular flexibility index (Phi) is 2.50. The molecule has 1 N–H and O–H groups in total. The summed E-state index contributed by atoms with van der Waals surface area (Å²) in [6, 6.07) is 15.4. The van der Waals surface area contributed by atoms with Gasteiger partial charge >= 0.3 is 0 Å². The molecule has 0 unspecified atom stereocenters. The molecule has 0 atom stereocenters. The molecule has 2 aromatic carbocycles. The van der Waals surface area contributed by atoms with Gasteiger partial charge in [0.2, 0.25) is 0 Å². The number of aromatic amines is 1. The van der Waals surface area contributed by atoms with Gasteiger partial charge in [-0.1, -0.05) is 30.3 Å². The molecule has 0 radical (unpaired) electrons. The van der Waals surface area contributed by atoms with Crippen molar-refractivity contribution in [3.05, 3.63) is 59.1 Å². The van der Waals surface area contributed by atoms with E-state index in [2.05, 4.69) is 20.2 Å². The predicted molar refractivity (Wildman–Crippen MR) is 77.5 cm³/mol. The largest absolute Gasteiger partial charge is 0.270 e.